The van der Waals surface area contributed by atoms with Crippen molar-refractivity contribution in [1.29, 1.82) is 0 Å². The summed E-state index contributed by atoms with van der Waals surface area (Å²) in [4.78, 5) is -0.420. The number of halogens is 4. The Labute approximate surface area is 159 Å². The van der Waals surface area contributed by atoms with Gasteiger partial charge in [-0.25, -0.2) is 12.8 Å². The van der Waals surface area contributed by atoms with Crippen LogP contribution >= 0.6 is 11.6 Å². The molecular weight excluding hydrogens is 397 g/mol. The highest BCUT2D eigenvalue weighted by molar-refractivity contribution is 7.91. The molecule has 0 heterocycles. The minimum absolute atomic E-state index is 0.0165. The van der Waals surface area contributed by atoms with E-state index >= 15 is 0 Å². The molecule has 0 unspecified atom stereocenters. The maximum atomic E-state index is 13.5. The third-order valence-corrected chi connectivity index (χ3v) is 6.63. The lowest BCUT2D eigenvalue weighted by Crippen LogP contribution is -2.11. The highest BCUT2D eigenvalue weighted by Crippen LogP contribution is 2.57. The van der Waals surface area contributed by atoms with Gasteiger partial charge >= 0.3 is 5.76 Å². The SMILES string of the molecule is O=S(=O)(c1ccc(C2=CC3(C=C2c2ccc(F)c(Cl)c2)CC3)cc1)C(F)F. The van der Waals surface area contributed by atoms with Gasteiger partial charge in [-0.05, 0) is 59.4 Å². The summed E-state index contributed by atoms with van der Waals surface area (Å²) in [5, 5.41) is 0.0165. The van der Waals surface area contributed by atoms with E-state index in [9.17, 15) is 21.6 Å². The molecule has 0 aliphatic heterocycles. The van der Waals surface area contributed by atoms with Crippen LogP contribution < -0.4 is 0 Å². The van der Waals surface area contributed by atoms with Crippen molar-refractivity contribution in [2.75, 3.05) is 0 Å². The Hall–Kier alpha value is -2.05. The fourth-order valence-electron chi connectivity index (χ4n) is 3.27. The van der Waals surface area contributed by atoms with Crippen molar-refractivity contribution < 1.29 is 21.6 Å². The average molecular weight is 411 g/mol. The summed E-state index contributed by atoms with van der Waals surface area (Å²) in [7, 11) is -4.63. The van der Waals surface area contributed by atoms with E-state index in [1.54, 1.807) is 12.1 Å². The zero-order valence-electron chi connectivity index (χ0n) is 13.9. The van der Waals surface area contributed by atoms with Gasteiger partial charge in [0.1, 0.15) is 5.82 Å². The van der Waals surface area contributed by atoms with Crippen molar-refractivity contribution in [3.8, 4) is 0 Å². The van der Waals surface area contributed by atoms with E-state index in [1.165, 1.54) is 30.3 Å². The molecule has 140 valence electrons. The van der Waals surface area contributed by atoms with E-state index in [0.29, 0.717) is 5.56 Å². The van der Waals surface area contributed by atoms with Gasteiger partial charge in [0.25, 0.3) is 0 Å². The van der Waals surface area contributed by atoms with Gasteiger partial charge in [0, 0.05) is 5.41 Å². The second kappa shape index (κ2) is 6.24. The maximum absolute atomic E-state index is 13.5. The van der Waals surface area contributed by atoms with Crippen molar-refractivity contribution in [1.82, 2.24) is 0 Å². The van der Waals surface area contributed by atoms with Gasteiger partial charge in [-0.1, -0.05) is 42.0 Å². The Bertz CT molecular complexity index is 1080. The molecule has 2 aromatic rings. The van der Waals surface area contributed by atoms with E-state index in [1.807, 2.05) is 0 Å². The Kier molecular flexibility index (Phi) is 4.24. The molecule has 0 radical (unpaired) electrons. The highest BCUT2D eigenvalue weighted by atomic mass is 35.5. The summed E-state index contributed by atoms with van der Waals surface area (Å²) in [6.45, 7) is 0. The number of allylic oxidation sites excluding steroid dienone is 4. The average Bonchev–Trinajstić information content (AvgIpc) is 3.28. The van der Waals surface area contributed by atoms with E-state index in [2.05, 4.69) is 12.2 Å². The van der Waals surface area contributed by atoms with Crippen molar-refractivity contribution in [3.05, 3.63) is 76.6 Å². The Morgan fingerprint density at radius 3 is 2.00 bits per heavy atom. The first-order chi connectivity index (χ1) is 12.7. The van der Waals surface area contributed by atoms with Gasteiger partial charge < -0.3 is 0 Å². The molecule has 0 saturated heterocycles. The van der Waals surface area contributed by atoms with Crippen LogP contribution in [0.3, 0.4) is 0 Å². The van der Waals surface area contributed by atoms with Crippen LogP contribution in [0.5, 0.6) is 0 Å². The number of rotatable bonds is 4. The zero-order valence-corrected chi connectivity index (χ0v) is 15.5. The number of hydrogen-bond donors (Lipinski definition) is 0. The summed E-state index contributed by atoms with van der Waals surface area (Å²) in [6, 6.07) is 9.89. The molecule has 4 rings (SSSR count). The van der Waals surface area contributed by atoms with Crippen molar-refractivity contribution in [2.24, 2.45) is 5.41 Å². The first-order valence-corrected chi connectivity index (χ1v) is 10.2. The van der Waals surface area contributed by atoms with E-state index < -0.39 is 26.3 Å². The lowest BCUT2D eigenvalue weighted by atomic mass is 9.95. The Morgan fingerprint density at radius 2 is 1.48 bits per heavy atom. The topological polar surface area (TPSA) is 34.1 Å². The molecule has 7 heteroatoms. The number of sulfone groups is 1. The third-order valence-electron chi connectivity index (χ3n) is 4.94. The van der Waals surface area contributed by atoms with Crippen molar-refractivity contribution >= 4 is 32.6 Å². The predicted molar refractivity (Wildman–Crippen MR) is 98.7 cm³/mol. The molecule has 0 bridgehead atoms. The number of hydrogen-bond acceptors (Lipinski definition) is 2. The van der Waals surface area contributed by atoms with Crippen LogP contribution in [-0.2, 0) is 9.84 Å². The second-order valence-corrected chi connectivity index (χ2v) is 9.13. The van der Waals surface area contributed by atoms with Gasteiger partial charge in [0.15, 0.2) is 0 Å². The van der Waals surface area contributed by atoms with Crippen LogP contribution in [-0.4, -0.2) is 14.2 Å². The van der Waals surface area contributed by atoms with Gasteiger partial charge in [-0.2, -0.15) is 8.78 Å². The summed E-state index contributed by atoms with van der Waals surface area (Å²) >= 11 is 5.91. The van der Waals surface area contributed by atoms with E-state index in [0.717, 1.165) is 29.6 Å². The Morgan fingerprint density at radius 1 is 0.926 bits per heavy atom. The standard InChI is InChI=1S/C20H14ClF3O2S/c21-17-9-13(3-6-18(17)22)16-11-20(7-8-20)10-15(16)12-1-4-14(5-2-12)27(25,26)19(23)24/h1-6,9-11,19H,7-8H2. The van der Waals surface area contributed by atoms with Gasteiger partial charge in [-0.3, -0.25) is 0 Å². The summed E-state index contributed by atoms with van der Waals surface area (Å²) in [5.41, 5.74) is 3.15. The molecule has 1 fully saturated rings. The van der Waals surface area contributed by atoms with Gasteiger partial charge in [0.2, 0.25) is 9.84 Å². The molecule has 0 aromatic heterocycles. The molecule has 27 heavy (non-hydrogen) atoms. The second-order valence-electron chi connectivity index (χ2n) is 6.81. The van der Waals surface area contributed by atoms with Crippen LogP contribution in [0, 0.1) is 11.2 Å². The molecule has 1 spiro atoms. The summed E-state index contributed by atoms with van der Waals surface area (Å²) in [5.74, 6) is -3.96. The molecule has 1 saturated carbocycles. The van der Waals surface area contributed by atoms with Crippen LogP contribution in [0.1, 0.15) is 24.0 Å². The van der Waals surface area contributed by atoms with Gasteiger partial charge in [0.05, 0.1) is 9.92 Å². The largest absolute Gasteiger partial charge is 0.341 e. The third kappa shape index (κ3) is 3.21. The summed E-state index contributed by atoms with van der Waals surface area (Å²) < 4.78 is 62.1. The minimum Gasteiger partial charge on any atom is -0.218 e. The van der Waals surface area contributed by atoms with Crippen LogP contribution in [0.15, 0.2) is 59.5 Å². The smallest absolute Gasteiger partial charge is 0.218 e. The van der Waals surface area contributed by atoms with E-state index in [4.69, 9.17) is 11.6 Å². The molecule has 2 aliphatic rings. The zero-order chi connectivity index (χ0) is 19.4. The highest BCUT2D eigenvalue weighted by Gasteiger charge is 2.43. The predicted octanol–water partition coefficient (Wildman–Crippen LogP) is 5.74. The fourth-order valence-corrected chi connectivity index (χ4v) is 4.18. The molecule has 2 nitrogen and oxygen atoms in total. The molecule has 2 aromatic carbocycles. The number of alkyl halides is 2. The summed E-state index contributed by atoms with van der Waals surface area (Å²) in [6.07, 6.45) is 6.19. The molecule has 2 aliphatic carbocycles. The van der Waals surface area contributed by atoms with Crippen LogP contribution in [0.25, 0.3) is 11.1 Å². The Balaban J connectivity index is 1.74. The minimum atomic E-state index is -4.63. The van der Waals surface area contributed by atoms with Crippen LogP contribution in [0.4, 0.5) is 13.2 Å². The lowest BCUT2D eigenvalue weighted by Gasteiger charge is -2.11. The molecule has 0 atom stereocenters. The molecule has 0 N–H and O–H groups in total. The number of benzene rings is 2. The maximum Gasteiger partial charge on any atom is 0.341 e. The van der Waals surface area contributed by atoms with E-state index in [-0.39, 0.29) is 10.4 Å². The monoisotopic (exact) mass is 410 g/mol. The fraction of sp³-hybridized carbons (Fsp3) is 0.200. The van der Waals surface area contributed by atoms with Gasteiger partial charge in [-0.15, -0.1) is 0 Å². The molecule has 0 amide bonds. The first-order valence-electron chi connectivity index (χ1n) is 8.26. The molecular formula is C20H14ClF3O2S. The van der Waals surface area contributed by atoms with Crippen LogP contribution in [0.2, 0.25) is 5.02 Å². The normalized spacial score (nSPS) is 18.0. The lowest BCUT2D eigenvalue weighted by molar-refractivity contribution is 0.234. The van der Waals surface area contributed by atoms with Crippen molar-refractivity contribution in [3.63, 3.8) is 0 Å². The first kappa shape index (κ1) is 18.3. The van der Waals surface area contributed by atoms with Crippen molar-refractivity contribution in [2.45, 2.75) is 23.5 Å². The quantitative estimate of drug-likeness (QED) is 0.644.